The first-order chi connectivity index (χ1) is 28.2. The quantitative estimate of drug-likeness (QED) is 0.0461. The molecule has 0 atom stereocenters. The van der Waals surface area contributed by atoms with Gasteiger partial charge in [-0.05, 0) is 167 Å². The summed E-state index contributed by atoms with van der Waals surface area (Å²) in [5.74, 6) is -0.326. The number of amides is 2. The molecule has 0 bridgehead atoms. The van der Waals surface area contributed by atoms with Gasteiger partial charge in [0.05, 0.1) is 11.4 Å². The highest BCUT2D eigenvalue weighted by molar-refractivity contribution is 6.55. The molecular weight excluding hydrogens is 801 g/mol. The lowest BCUT2D eigenvalue weighted by atomic mass is 10.0. The van der Waals surface area contributed by atoms with Gasteiger partial charge in [0, 0.05) is 59.1 Å². The molecule has 2 amide bonds. The second-order valence-corrected chi connectivity index (χ2v) is 19.6. The number of carbonyl (C=O) groups excluding carboxylic acids is 2. The maximum Gasteiger partial charge on any atom is 0.750 e. The summed E-state index contributed by atoms with van der Waals surface area (Å²) in [4.78, 5) is 27.2. The molecule has 0 saturated carbocycles. The molecule has 0 spiro atoms. The van der Waals surface area contributed by atoms with E-state index in [9.17, 15) is 9.59 Å². The van der Waals surface area contributed by atoms with E-state index in [1.165, 1.54) is 0 Å². The normalized spacial score (nSPS) is 12.2. The van der Waals surface area contributed by atoms with Crippen molar-refractivity contribution in [2.45, 2.75) is 120 Å². The minimum Gasteiger partial charge on any atom is -0.478 e. The van der Waals surface area contributed by atoms with Crippen LogP contribution in [-0.4, -0.2) is 66.5 Å². The Labute approximate surface area is 357 Å². The third-order valence-electron chi connectivity index (χ3n) is 7.89. The van der Waals surface area contributed by atoms with Crippen molar-refractivity contribution in [3.63, 3.8) is 0 Å². The standard InChI is InChI=1S/C44H62N4O10Si2/c1-27(2)51-59(52-28(3)4,53-29(5)6)57-41-25-35(17-23-39(41)47-43(49)33-13-19-37(45)20-14-33)36-18-24-40(48-44(50)34-15-21-38(46)22-16-34)42(26-36)58-60(54-30(7)8,55-31(9)10)56-32(11)12/h13-32H,45-46H2,1-12H3,(H,47,49)(H,48,50). The van der Waals surface area contributed by atoms with Gasteiger partial charge >= 0.3 is 18.1 Å². The lowest BCUT2D eigenvalue weighted by molar-refractivity contribution is -0.0476. The molecule has 0 aromatic heterocycles. The van der Waals surface area contributed by atoms with E-state index in [4.69, 9.17) is 46.9 Å². The number of hydrogen-bond acceptors (Lipinski definition) is 12. The van der Waals surface area contributed by atoms with Gasteiger partial charge in [-0.15, -0.1) is 0 Å². The molecule has 0 radical (unpaired) electrons. The van der Waals surface area contributed by atoms with Crippen molar-refractivity contribution in [3.05, 3.63) is 96.1 Å². The SMILES string of the molecule is CC(C)O[Si](Oc1cc(-c2ccc(NC(=O)c3ccc(N)cc3)c(O[Si](OC(C)C)(OC(C)C)OC(C)C)c2)ccc1NC(=O)c1ccc(N)cc1)(OC(C)C)OC(C)C. The van der Waals surface area contributed by atoms with E-state index in [0.717, 1.165) is 0 Å². The average molecular weight is 863 g/mol. The predicted molar refractivity (Wildman–Crippen MR) is 240 cm³/mol. The topological polar surface area (TPSA) is 184 Å². The molecule has 0 unspecified atom stereocenters. The van der Waals surface area contributed by atoms with Crippen LogP contribution in [0.5, 0.6) is 11.5 Å². The second kappa shape index (κ2) is 21.1. The molecule has 326 valence electrons. The van der Waals surface area contributed by atoms with E-state index in [-0.39, 0.29) is 48.1 Å². The zero-order chi connectivity index (χ0) is 44.4. The predicted octanol–water partition coefficient (Wildman–Crippen LogP) is 9.20. The van der Waals surface area contributed by atoms with Gasteiger partial charge in [0.15, 0.2) is 0 Å². The highest BCUT2D eigenvalue weighted by Crippen LogP contribution is 2.39. The fourth-order valence-electron chi connectivity index (χ4n) is 5.75. The van der Waals surface area contributed by atoms with Crippen LogP contribution < -0.4 is 31.0 Å². The maximum absolute atomic E-state index is 13.6. The third kappa shape index (κ3) is 14.2. The number of nitrogens with two attached hydrogens (primary N) is 2. The number of anilines is 4. The van der Waals surface area contributed by atoms with Gasteiger partial charge in [-0.2, -0.15) is 0 Å². The summed E-state index contributed by atoms with van der Waals surface area (Å²) in [6, 6.07) is 23.8. The van der Waals surface area contributed by atoms with E-state index in [0.29, 0.717) is 45.0 Å². The van der Waals surface area contributed by atoms with Gasteiger partial charge in [0.1, 0.15) is 11.5 Å². The van der Waals surface area contributed by atoms with Crippen molar-refractivity contribution < 1.29 is 45.0 Å². The van der Waals surface area contributed by atoms with Crippen molar-refractivity contribution in [1.82, 2.24) is 0 Å². The van der Waals surface area contributed by atoms with Gasteiger partial charge in [0.2, 0.25) is 0 Å². The minimum atomic E-state index is -3.96. The molecule has 0 aliphatic heterocycles. The maximum atomic E-state index is 13.6. The molecule has 0 aliphatic rings. The Morgan fingerprint density at radius 2 is 0.700 bits per heavy atom. The smallest absolute Gasteiger partial charge is 0.478 e. The monoisotopic (exact) mass is 862 g/mol. The largest absolute Gasteiger partial charge is 0.750 e. The van der Waals surface area contributed by atoms with Crippen molar-refractivity contribution in [1.29, 1.82) is 0 Å². The molecule has 14 nitrogen and oxygen atoms in total. The van der Waals surface area contributed by atoms with Crippen LogP contribution in [0.1, 0.15) is 104 Å². The van der Waals surface area contributed by atoms with Crippen molar-refractivity contribution in [3.8, 4) is 22.6 Å². The molecule has 0 aliphatic carbocycles. The minimum absolute atomic E-state index is 0.228. The molecule has 0 heterocycles. The van der Waals surface area contributed by atoms with Crippen LogP contribution in [0.2, 0.25) is 0 Å². The fourth-order valence-corrected chi connectivity index (χ4v) is 10.7. The highest BCUT2D eigenvalue weighted by atomic mass is 28.4. The Hall–Kier alpha value is -4.79. The van der Waals surface area contributed by atoms with Crippen molar-refractivity contribution >= 4 is 52.7 Å². The first-order valence-electron chi connectivity index (χ1n) is 20.2. The van der Waals surface area contributed by atoms with E-state index in [1.807, 2.05) is 95.2 Å². The summed E-state index contributed by atoms with van der Waals surface area (Å²) in [6.07, 6.45) is -2.00. The fraction of sp³-hybridized carbons (Fsp3) is 0.409. The Balaban J connectivity index is 1.93. The number of hydrogen-bond donors (Lipinski definition) is 4. The zero-order valence-electron chi connectivity index (χ0n) is 36.8. The van der Waals surface area contributed by atoms with E-state index < -0.39 is 29.9 Å². The summed E-state index contributed by atoms with van der Waals surface area (Å²) in [5, 5.41) is 5.96. The molecule has 6 N–H and O–H groups in total. The molecule has 4 aromatic rings. The second-order valence-electron chi connectivity index (χ2n) is 15.8. The summed E-state index contributed by atoms with van der Waals surface area (Å²) < 4.78 is 51.7. The van der Waals surface area contributed by atoms with Gasteiger partial charge in [-0.3, -0.25) is 9.59 Å². The number of nitrogens with one attached hydrogen (secondary N) is 2. The first-order valence-corrected chi connectivity index (χ1v) is 23.5. The Bertz CT molecular complexity index is 1830. The molecule has 0 saturated heterocycles. The van der Waals surface area contributed by atoms with E-state index >= 15 is 0 Å². The average Bonchev–Trinajstić information content (AvgIpc) is 3.11. The Morgan fingerprint density at radius 3 is 0.950 bits per heavy atom. The van der Waals surface area contributed by atoms with Gasteiger partial charge in [-0.25, -0.2) is 0 Å². The van der Waals surface area contributed by atoms with Gasteiger partial charge < -0.3 is 57.5 Å². The Morgan fingerprint density at radius 1 is 0.433 bits per heavy atom. The first kappa shape index (κ1) is 47.9. The molecular formula is C44H62N4O10Si2. The number of nitrogen functional groups attached to an aromatic ring is 2. The molecule has 4 aromatic carbocycles. The van der Waals surface area contributed by atoms with Crippen LogP contribution in [0.15, 0.2) is 84.9 Å². The molecule has 4 rings (SSSR count). The molecule has 16 heteroatoms. The lowest BCUT2D eigenvalue weighted by Gasteiger charge is -2.33. The number of benzene rings is 4. The summed E-state index contributed by atoms with van der Waals surface area (Å²) in [5.41, 5.74) is 15.6. The molecule has 0 fully saturated rings. The van der Waals surface area contributed by atoms with Crippen LogP contribution >= 0.6 is 0 Å². The van der Waals surface area contributed by atoms with E-state index in [1.54, 1.807) is 72.8 Å². The number of carbonyl (C=O) groups is 2. The van der Waals surface area contributed by atoms with Crippen LogP contribution in [0.25, 0.3) is 11.1 Å². The summed E-state index contributed by atoms with van der Waals surface area (Å²) in [7, 11) is -7.93. The summed E-state index contributed by atoms with van der Waals surface area (Å²) >= 11 is 0. The van der Waals surface area contributed by atoms with Crippen LogP contribution in [0, 0.1) is 0 Å². The van der Waals surface area contributed by atoms with E-state index in [2.05, 4.69) is 10.6 Å². The Kier molecular flexibility index (Phi) is 16.9. The highest BCUT2D eigenvalue weighted by Gasteiger charge is 2.53. The summed E-state index contributed by atoms with van der Waals surface area (Å²) in [6.45, 7) is 22.4. The van der Waals surface area contributed by atoms with Gasteiger partial charge in [-0.1, -0.05) is 12.1 Å². The lowest BCUT2D eigenvalue weighted by Crippen LogP contribution is -2.56. The van der Waals surface area contributed by atoms with Crippen LogP contribution in [0.4, 0.5) is 22.7 Å². The van der Waals surface area contributed by atoms with Crippen molar-refractivity contribution in [2.24, 2.45) is 0 Å². The van der Waals surface area contributed by atoms with Crippen LogP contribution in [0.3, 0.4) is 0 Å². The van der Waals surface area contributed by atoms with Gasteiger partial charge in [0.25, 0.3) is 11.8 Å². The molecule has 60 heavy (non-hydrogen) atoms. The van der Waals surface area contributed by atoms with Crippen LogP contribution in [-0.2, 0) is 26.6 Å². The third-order valence-corrected chi connectivity index (χ3v) is 13.4. The zero-order valence-corrected chi connectivity index (χ0v) is 38.8. The van der Waals surface area contributed by atoms with Crippen molar-refractivity contribution in [2.75, 3.05) is 22.1 Å². The number of rotatable bonds is 21.